The fourth-order valence-corrected chi connectivity index (χ4v) is 3.67. The Bertz CT molecular complexity index is 564. The van der Waals surface area contributed by atoms with Crippen LogP contribution in [0.25, 0.3) is 0 Å². The second-order valence-corrected chi connectivity index (χ2v) is 6.31. The number of allylic oxidation sites excluding steroid dienone is 1. The van der Waals surface area contributed by atoms with Gasteiger partial charge in [0.25, 0.3) is 0 Å². The first-order valence-electron chi connectivity index (χ1n) is 6.02. The van der Waals surface area contributed by atoms with Crippen LogP contribution in [-0.4, -0.2) is 14.5 Å². The molecule has 1 aliphatic rings. The Kier molecular flexibility index (Phi) is 3.73. The van der Waals surface area contributed by atoms with Crippen molar-refractivity contribution in [2.45, 2.75) is 37.1 Å². The second kappa shape index (κ2) is 5.12. The maximum absolute atomic E-state index is 12.3. The summed E-state index contributed by atoms with van der Waals surface area (Å²) < 4.78 is 27.3. The fraction of sp³-hybridized carbons (Fsp3) is 0.385. The van der Waals surface area contributed by atoms with Gasteiger partial charge in [-0.15, -0.1) is 0 Å². The highest BCUT2D eigenvalue weighted by molar-refractivity contribution is 7.89. The van der Waals surface area contributed by atoms with Gasteiger partial charge in [-0.3, -0.25) is 0 Å². The van der Waals surface area contributed by atoms with Gasteiger partial charge in [0.1, 0.15) is 0 Å². The summed E-state index contributed by atoms with van der Waals surface area (Å²) in [6, 6.07) is 4.85. The Morgan fingerprint density at radius 2 is 2.11 bits per heavy atom. The van der Waals surface area contributed by atoms with Crippen molar-refractivity contribution in [1.29, 1.82) is 0 Å². The Morgan fingerprint density at radius 3 is 2.72 bits per heavy atom. The number of aryl methyl sites for hydroxylation is 1. The molecule has 0 spiro atoms. The molecule has 0 radical (unpaired) electrons. The molecular weight excluding hydrogens is 248 g/mol. The number of benzene rings is 1. The number of anilines is 1. The smallest absolute Gasteiger partial charge is 0.241 e. The minimum absolute atomic E-state index is 0.00282. The van der Waals surface area contributed by atoms with E-state index in [9.17, 15) is 8.42 Å². The molecule has 3 N–H and O–H groups in total. The Labute approximate surface area is 108 Å². The van der Waals surface area contributed by atoms with Crippen molar-refractivity contribution >= 4 is 15.7 Å². The van der Waals surface area contributed by atoms with Crippen molar-refractivity contribution < 1.29 is 8.42 Å². The average molecular weight is 266 g/mol. The molecule has 2 rings (SSSR count). The molecule has 18 heavy (non-hydrogen) atoms. The molecule has 0 saturated heterocycles. The van der Waals surface area contributed by atoms with Crippen molar-refractivity contribution in [3.63, 3.8) is 0 Å². The molecular formula is C13H18N2O2S. The number of hydrogen-bond acceptors (Lipinski definition) is 3. The van der Waals surface area contributed by atoms with Crippen LogP contribution in [0.2, 0.25) is 0 Å². The third-order valence-corrected chi connectivity index (χ3v) is 4.76. The SMILES string of the molecule is Cc1cc(N)ccc1S(=O)(=O)NC1CC=CCC1. The van der Waals surface area contributed by atoms with E-state index in [1.54, 1.807) is 25.1 Å². The van der Waals surface area contributed by atoms with Gasteiger partial charge >= 0.3 is 0 Å². The number of rotatable bonds is 3. The summed E-state index contributed by atoms with van der Waals surface area (Å²) in [6.07, 6.45) is 6.64. The highest BCUT2D eigenvalue weighted by Crippen LogP contribution is 2.20. The molecule has 1 unspecified atom stereocenters. The molecule has 0 saturated carbocycles. The van der Waals surface area contributed by atoms with E-state index in [1.807, 2.05) is 6.08 Å². The number of nitrogens with two attached hydrogens (primary N) is 1. The van der Waals surface area contributed by atoms with E-state index in [0.717, 1.165) is 19.3 Å². The normalized spacial score (nSPS) is 19.9. The van der Waals surface area contributed by atoms with Crippen LogP contribution >= 0.6 is 0 Å². The highest BCUT2D eigenvalue weighted by atomic mass is 32.2. The quantitative estimate of drug-likeness (QED) is 0.649. The minimum Gasteiger partial charge on any atom is -0.399 e. The molecule has 1 aromatic rings. The van der Waals surface area contributed by atoms with Crippen molar-refractivity contribution in [2.24, 2.45) is 0 Å². The van der Waals surface area contributed by atoms with Gasteiger partial charge in [-0.05, 0) is 49.9 Å². The first-order chi connectivity index (χ1) is 8.49. The van der Waals surface area contributed by atoms with Crippen molar-refractivity contribution in [2.75, 3.05) is 5.73 Å². The Hall–Kier alpha value is -1.33. The van der Waals surface area contributed by atoms with Crippen LogP contribution in [0.4, 0.5) is 5.69 Å². The van der Waals surface area contributed by atoms with E-state index in [4.69, 9.17) is 5.73 Å². The molecule has 1 atom stereocenters. The lowest BCUT2D eigenvalue weighted by Crippen LogP contribution is -2.35. The fourth-order valence-electron chi connectivity index (χ4n) is 2.16. The standard InChI is InChI=1S/C13H18N2O2S/c1-10-9-11(14)7-8-13(10)18(16,17)15-12-5-3-2-4-6-12/h2-3,7-9,12,15H,4-6,14H2,1H3. The van der Waals surface area contributed by atoms with Gasteiger partial charge in [0.15, 0.2) is 0 Å². The molecule has 0 fully saturated rings. The molecule has 1 aliphatic carbocycles. The summed E-state index contributed by atoms with van der Waals surface area (Å²) >= 11 is 0. The van der Waals surface area contributed by atoms with Gasteiger partial charge in [-0.2, -0.15) is 0 Å². The van der Waals surface area contributed by atoms with Gasteiger partial charge in [0, 0.05) is 11.7 Å². The molecule has 5 heteroatoms. The third-order valence-electron chi connectivity index (χ3n) is 3.08. The Balaban J connectivity index is 2.22. The van der Waals surface area contributed by atoms with Crippen LogP contribution in [0, 0.1) is 6.92 Å². The second-order valence-electron chi connectivity index (χ2n) is 4.63. The predicted octanol–water partition coefficient (Wildman–Crippen LogP) is 1.96. The van der Waals surface area contributed by atoms with Gasteiger partial charge in [-0.25, -0.2) is 13.1 Å². The van der Waals surface area contributed by atoms with Crippen molar-refractivity contribution in [3.8, 4) is 0 Å². The molecule has 4 nitrogen and oxygen atoms in total. The maximum Gasteiger partial charge on any atom is 0.241 e. The van der Waals surface area contributed by atoms with E-state index in [0.29, 0.717) is 16.1 Å². The molecule has 1 aromatic carbocycles. The van der Waals surface area contributed by atoms with Gasteiger partial charge in [-0.1, -0.05) is 12.2 Å². The lowest BCUT2D eigenvalue weighted by atomic mass is 10.0. The van der Waals surface area contributed by atoms with Gasteiger partial charge in [0.2, 0.25) is 10.0 Å². The first-order valence-corrected chi connectivity index (χ1v) is 7.51. The molecule has 0 amide bonds. The maximum atomic E-state index is 12.3. The zero-order valence-corrected chi connectivity index (χ0v) is 11.2. The topological polar surface area (TPSA) is 72.2 Å². The largest absolute Gasteiger partial charge is 0.399 e. The van der Waals surface area contributed by atoms with Crippen LogP contribution in [0.5, 0.6) is 0 Å². The molecule has 0 heterocycles. The highest BCUT2D eigenvalue weighted by Gasteiger charge is 2.21. The summed E-state index contributed by atoms with van der Waals surface area (Å²) in [7, 11) is -3.45. The van der Waals surface area contributed by atoms with Gasteiger partial charge in [0.05, 0.1) is 4.90 Å². The monoisotopic (exact) mass is 266 g/mol. The van der Waals surface area contributed by atoms with Crippen molar-refractivity contribution in [3.05, 3.63) is 35.9 Å². The number of nitrogen functional groups attached to an aromatic ring is 1. The van der Waals surface area contributed by atoms with Crippen LogP contribution < -0.4 is 10.5 Å². The number of nitrogens with one attached hydrogen (secondary N) is 1. The summed E-state index contributed by atoms with van der Waals surface area (Å²) in [5, 5.41) is 0. The Morgan fingerprint density at radius 1 is 1.33 bits per heavy atom. The van der Waals surface area contributed by atoms with E-state index in [1.165, 1.54) is 0 Å². The zero-order chi connectivity index (χ0) is 13.2. The molecule has 98 valence electrons. The first kappa shape index (κ1) is 13.1. The molecule has 0 bridgehead atoms. The average Bonchev–Trinajstić information content (AvgIpc) is 2.29. The van der Waals surface area contributed by atoms with E-state index in [2.05, 4.69) is 10.8 Å². The van der Waals surface area contributed by atoms with Crippen LogP contribution in [0.15, 0.2) is 35.2 Å². The van der Waals surface area contributed by atoms with E-state index < -0.39 is 10.0 Å². The molecule has 0 aromatic heterocycles. The summed E-state index contributed by atoms with van der Waals surface area (Å²) in [5.41, 5.74) is 6.88. The summed E-state index contributed by atoms with van der Waals surface area (Å²) in [5.74, 6) is 0. The summed E-state index contributed by atoms with van der Waals surface area (Å²) in [6.45, 7) is 1.76. The lowest BCUT2D eigenvalue weighted by Gasteiger charge is -2.20. The minimum atomic E-state index is -3.45. The van der Waals surface area contributed by atoms with E-state index in [-0.39, 0.29) is 6.04 Å². The third kappa shape index (κ3) is 2.91. The van der Waals surface area contributed by atoms with Crippen LogP contribution in [0.1, 0.15) is 24.8 Å². The van der Waals surface area contributed by atoms with Crippen molar-refractivity contribution in [1.82, 2.24) is 4.72 Å². The van der Waals surface area contributed by atoms with Crippen LogP contribution in [0.3, 0.4) is 0 Å². The van der Waals surface area contributed by atoms with E-state index >= 15 is 0 Å². The number of sulfonamides is 1. The van der Waals surface area contributed by atoms with Gasteiger partial charge < -0.3 is 5.73 Å². The number of hydrogen-bond donors (Lipinski definition) is 2. The lowest BCUT2D eigenvalue weighted by molar-refractivity contribution is 0.522. The zero-order valence-electron chi connectivity index (χ0n) is 10.4. The molecule has 0 aliphatic heterocycles. The predicted molar refractivity (Wildman–Crippen MR) is 72.7 cm³/mol. The summed E-state index contributed by atoms with van der Waals surface area (Å²) in [4.78, 5) is 0.311. The van der Waals surface area contributed by atoms with Crippen LogP contribution in [-0.2, 0) is 10.0 Å².